The molecular weight excluding hydrogens is 434 g/mol. The number of urea groups is 1. The third kappa shape index (κ3) is 4.46. The SMILES string of the molecule is O=C(NCC1CCN(S(=O)(=O)c2ccc(Cl)cc2)CC1)NC12CC3CC(CC(C3)C1)C2. The zero-order valence-corrected chi connectivity index (χ0v) is 19.4. The van der Waals surface area contributed by atoms with E-state index in [0.29, 0.717) is 30.6 Å². The van der Waals surface area contributed by atoms with Crippen molar-refractivity contribution < 1.29 is 13.2 Å². The number of rotatable bonds is 5. The van der Waals surface area contributed by atoms with Gasteiger partial charge >= 0.3 is 6.03 Å². The molecule has 31 heavy (non-hydrogen) atoms. The molecule has 4 bridgehead atoms. The molecule has 1 aromatic rings. The van der Waals surface area contributed by atoms with Gasteiger partial charge in [0.05, 0.1) is 4.90 Å². The third-order valence-corrected chi connectivity index (χ3v) is 10.2. The van der Waals surface area contributed by atoms with Gasteiger partial charge in [-0.3, -0.25) is 0 Å². The zero-order chi connectivity index (χ0) is 21.6. The standard InChI is InChI=1S/C23H32ClN3O3S/c24-20-1-3-21(4-2-20)31(29,30)27-7-5-16(6-8-27)15-25-22(28)26-23-12-17-9-18(13-23)11-19(10-17)14-23/h1-4,16-19H,5-15H2,(H2,25,26,28). The van der Waals surface area contributed by atoms with Crippen molar-refractivity contribution in [1.29, 1.82) is 0 Å². The predicted octanol–water partition coefficient (Wildman–Crippen LogP) is 4.01. The molecule has 1 aliphatic heterocycles. The van der Waals surface area contributed by atoms with Crippen LogP contribution >= 0.6 is 11.6 Å². The summed E-state index contributed by atoms with van der Waals surface area (Å²) in [5.74, 6) is 2.72. The molecule has 6 nitrogen and oxygen atoms in total. The minimum atomic E-state index is -3.49. The van der Waals surface area contributed by atoms with Gasteiger partial charge in [-0.25, -0.2) is 13.2 Å². The van der Waals surface area contributed by atoms with Gasteiger partial charge in [-0.2, -0.15) is 4.31 Å². The Bertz CT molecular complexity index is 891. The molecule has 1 saturated heterocycles. The first-order valence-corrected chi connectivity index (χ1v) is 13.4. The van der Waals surface area contributed by atoms with Crippen molar-refractivity contribution in [3.63, 3.8) is 0 Å². The number of benzene rings is 1. The first-order valence-electron chi connectivity index (χ1n) is 11.6. The molecule has 170 valence electrons. The molecule has 2 amide bonds. The summed E-state index contributed by atoms with van der Waals surface area (Å²) < 4.78 is 27.2. The zero-order valence-electron chi connectivity index (χ0n) is 17.9. The van der Waals surface area contributed by atoms with Crippen molar-refractivity contribution in [3.05, 3.63) is 29.3 Å². The molecule has 4 saturated carbocycles. The first kappa shape index (κ1) is 21.5. The van der Waals surface area contributed by atoms with Gasteiger partial charge in [0.1, 0.15) is 0 Å². The Kier molecular flexibility index (Phi) is 5.72. The Labute approximate surface area is 190 Å². The molecule has 5 fully saturated rings. The van der Waals surface area contributed by atoms with Gasteiger partial charge < -0.3 is 10.6 Å². The first-order chi connectivity index (χ1) is 14.8. The summed E-state index contributed by atoms with van der Waals surface area (Å²) in [6, 6.07) is 6.28. The number of nitrogens with zero attached hydrogens (tertiary/aromatic N) is 1. The number of halogens is 1. The largest absolute Gasteiger partial charge is 0.338 e. The van der Waals surface area contributed by atoms with Crippen molar-refractivity contribution in [1.82, 2.24) is 14.9 Å². The van der Waals surface area contributed by atoms with Crippen LogP contribution in [0.5, 0.6) is 0 Å². The molecule has 0 unspecified atom stereocenters. The van der Waals surface area contributed by atoms with Crippen LogP contribution in [0.1, 0.15) is 51.4 Å². The van der Waals surface area contributed by atoms with E-state index in [2.05, 4.69) is 10.6 Å². The Balaban J connectivity index is 1.10. The summed E-state index contributed by atoms with van der Waals surface area (Å²) in [4.78, 5) is 12.9. The number of carbonyl (C=O) groups excluding carboxylic acids is 1. The fourth-order valence-electron chi connectivity index (χ4n) is 6.90. The van der Waals surface area contributed by atoms with Crippen LogP contribution in [0.2, 0.25) is 5.02 Å². The van der Waals surface area contributed by atoms with Gasteiger partial charge in [-0.1, -0.05) is 11.6 Å². The number of carbonyl (C=O) groups is 1. The Morgan fingerprint density at radius 2 is 1.55 bits per heavy atom. The Hall–Kier alpha value is -1.31. The van der Waals surface area contributed by atoms with E-state index in [4.69, 9.17) is 11.6 Å². The van der Waals surface area contributed by atoms with Crippen LogP contribution in [0.3, 0.4) is 0 Å². The molecule has 8 heteroatoms. The van der Waals surface area contributed by atoms with E-state index in [1.165, 1.54) is 19.3 Å². The molecule has 6 rings (SSSR count). The molecule has 1 heterocycles. The molecule has 2 N–H and O–H groups in total. The summed E-state index contributed by atoms with van der Waals surface area (Å²) in [6.45, 7) is 1.56. The van der Waals surface area contributed by atoms with E-state index in [0.717, 1.165) is 49.9 Å². The van der Waals surface area contributed by atoms with Crippen molar-refractivity contribution in [2.75, 3.05) is 19.6 Å². The van der Waals surface area contributed by atoms with Crippen molar-refractivity contribution in [3.8, 4) is 0 Å². The maximum atomic E-state index is 12.8. The highest BCUT2D eigenvalue weighted by atomic mass is 35.5. The van der Waals surface area contributed by atoms with E-state index in [-0.39, 0.29) is 16.5 Å². The summed E-state index contributed by atoms with van der Waals surface area (Å²) in [7, 11) is -3.49. The average molecular weight is 466 g/mol. The van der Waals surface area contributed by atoms with Gasteiger partial charge in [0, 0.05) is 30.2 Å². The fraction of sp³-hybridized carbons (Fsp3) is 0.696. The number of hydrogen-bond acceptors (Lipinski definition) is 3. The second kappa shape index (κ2) is 8.23. The quantitative estimate of drug-likeness (QED) is 0.689. The second-order valence-electron chi connectivity index (χ2n) is 10.3. The van der Waals surface area contributed by atoms with E-state index < -0.39 is 10.0 Å². The van der Waals surface area contributed by atoms with Gasteiger partial charge in [-0.05, 0) is 99.3 Å². The lowest BCUT2D eigenvalue weighted by Crippen LogP contribution is -2.61. The summed E-state index contributed by atoms with van der Waals surface area (Å²) >= 11 is 5.88. The van der Waals surface area contributed by atoms with Crippen molar-refractivity contribution in [2.24, 2.45) is 23.7 Å². The van der Waals surface area contributed by atoms with Crippen LogP contribution in [-0.4, -0.2) is 43.9 Å². The summed E-state index contributed by atoms with van der Waals surface area (Å²) in [5, 5.41) is 6.97. The number of hydrogen-bond donors (Lipinski definition) is 2. The molecule has 0 spiro atoms. The highest BCUT2D eigenvalue weighted by Crippen LogP contribution is 2.55. The van der Waals surface area contributed by atoms with Crippen LogP contribution in [-0.2, 0) is 10.0 Å². The van der Waals surface area contributed by atoms with Crippen molar-refractivity contribution in [2.45, 2.75) is 61.8 Å². The van der Waals surface area contributed by atoms with Gasteiger partial charge in [-0.15, -0.1) is 0 Å². The predicted molar refractivity (Wildman–Crippen MR) is 120 cm³/mol. The Morgan fingerprint density at radius 1 is 1.00 bits per heavy atom. The van der Waals surface area contributed by atoms with E-state index in [9.17, 15) is 13.2 Å². The minimum absolute atomic E-state index is 0.0227. The van der Waals surface area contributed by atoms with Crippen LogP contribution in [0.15, 0.2) is 29.2 Å². The molecule has 0 radical (unpaired) electrons. The molecule has 5 aliphatic rings. The van der Waals surface area contributed by atoms with E-state index in [1.54, 1.807) is 28.6 Å². The monoisotopic (exact) mass is 465 g/mol. The number of piperidine rings is 1. The maximum Gasteiger partial charge on any atom is 0.315 e. The van der Waals surface area contributed by atoms with Crippen LogP contribution in [0, 0.1) is 23.7 Å². The molecule has 0 aromatic heterocycles. The van der Waals surface area contributed by atoms with Gasteiger partial charge in [0.2, 0.25) is 10.0 Å². The Morgan fingerprint density at radius 3 is 2.10 bits per heavy atom. The summed E-state index contributed by atoms with van der Waals surface area (Å²) in [5.41, 5.74) is 0.0227. The molecular formula is C23H32ClN3O3S. The van der Waals surface area contributed by atoms with Crippen molar-refractivity contribution >= 4 is 27.7 Å². The topological polar surface area (TPSA) is 78.5 Å². The van der Waals surface area contributed by atoms with Crippen LogP contribution < -0.4 is 10.6 Å². The molecule has 0 atom stereocenters. The maximum absolute atomic E-state index is 12.8. The summed E-state index contributed by atoms with van der Waals surface area (Å²) in [6.07, 6.45) is 9.03. The van der Waals surface area contributed by atoms with Crippen LogP contribution in [0.4, 0.5) is 4.79 Å². The third-order valence-electron chi connectivity index (χ3n) is 7.99. The highest BCUT2D eigenvalue weighted by molar-refractivity contribution is 7.89. The fourth-order valence-corrected chi connectivity index (χ4v) is 8.49. The highest BCUT2D eigenvalue weighted by Gasteiger charge is 2.51. The van der Waals surface area contributed by atoms with E-state index in [1.807, 2.05) is 0 Å². The minimum Gasteiger partial charge on any atom is -0.338 e. The normalized spacial score (nSPS) is 33.4. The second-order valence-corrected chi connectivity index (χ2v) is 12.7. The molecule has 1 aromatic carbocycles. The lowest BCUT2D eigenvalue weighted by molar-refractivity contribution is -0.0135. The molecule has 4 aliphatic carbocycles. The van der Waals surface area contributed by atoms with Gasteiger partial charge in [0.25, 0.3) is 0 Å². The lowest BCUT2D eigenvalue weighted by atomic mass is 9.53. The average Bonchev–Trinajstić information content (AvgIpc) is 2.71. The smallest absolute Gasteiger partial charge is 0.315 e. The number of nitrogens with one attached hydrogen (secondary N) is 2. The van der Waals surface area contributed by atoms with E-state index >= 15 is 0 Å². The number of amides is 2. The van der Waals surface area contributed by atoms with Crippen LogP contribution in [0.25, 0.3) is 0 Å². The van der Waals surface area contributed by atoms with Gasteiger partial charge in [0.15, 0.2) is 0 Å². The lowest BCUT2D eigenvalue weighted by Gasteiger charge is -2.56. The number of sulfonamides is 1.